The second-order valence-corrected chi connectivity index (χ2v) is 7.05. The van der Waals surface area contributed by atoms with Crippen molar-refractivity contribution in [2.24, 2.45) is 0 Å². The molecule has 0 bridgehead atoms. The van der Waals surface area contributed by atoms with Crippen LogP contribution < -0.4 is 10.1 Å². The molecule has 134 valence electrons. The number of fused-ring (bicyclic) bond motifs is 1. The summed E-state index contributed by atoms with van der Waals surface area (Å²) in [7, 11) is 1.66. The van der Waals surface area contributed by atoms with Crippen LogP contribution in [-0.4, -0.2) is 19.1 Å². The molecule has 0 aliphatic heterocycles. The largest absolute Gasteiger partial charge is 0.496 e. The molecule has 1 fully saturated rings. The number of methoxy groups -OCH3 is 1. The van der Waals surface area contributed by atoms with Crippen LogP contribution in [-0.2, 0) is 4.79 Å². The topological polar surface area (TPSA) is 51.5 Å². The number of allylic oxidation sites excluding steroid dienone is 1. The van der Waals surface area contributed by atoms with Gasteiger partial charge in [-0.2, -0.15) is 0 Å². The van der Waals surface area contributed by atoms with Gasteiger partial charge in [0.1, 0.15) is 11.3 Å². The van der Waals surface area contributed by atoms with Crippen LogP contribution in [0.2, 0.25) is 0 Å². The maximum Gasteiger partial charge on any atom is 0.244 e. The Labute approximate surface area is 149 Å². The number of hydrogen-bond donors (Lipinski definition) is 1. The molecule has 25 heavy (non-hydrogen) atoms. The zero-order valence-electron chi connectivity index (χ0n) is 15.6. The van der Waals surface area contributed by atoms with Crippen LogP contribution in [0.3, 0.4) is 0 Å². The van der Waals surface area contributed by atoms with Crippen molar-refractivity contribution in [1.82, 2.24) is 5.32 Å². The summed E-state index contributed by atoms with van der Waals surface area (Å²) < 4.78 is 11.3. The zero-order valence-corrected chi connectivity index (χ0v) is 15.6. The van der Waals surface area contributed by atoms with E-state index in [4.69, 9.17) is 9.15 Å². The predicted molar refractivity (Wildman–Crippen MR) is 101 cm³/mol. The van der Waals surface area contributed by atoms with Crippen molar-refractivity contribution >= 4 is 22.4 Å². The molecule has 0 saturated heterocycles. The molecule has 1 heterocycles. The number of benzene rings is 1. The van der Waals surface area contributed by atoms with Gasteiger partial charge in [0.25, 0.3) is 0 Å². The molecule has 1 saturated carbocycles. The average molecular weight is 341 g/mol. The number of carbonyl (C=O) groups is 1. The number of carbonyl (C=O) groups excluding carboxylic acids is 1. The molecule has 1 N–H and O–H groups in total. The zero-order chi connectivity index (χ0) is 18.0. The van der Waals surface area contributed by atoms with E-state index >= 15 is 0 Å². The summed E-state index contributed by atoms with van der Waals surface area (Å²) in [5, 5.41) is 4.20. The first-order valence-electron chi connectivity index (χ1n) is 9.05. The number of hydrogen-bond acceptors (Lipinski definition) is 3. The van der Waals surface area contributed by atoms with Gasteiger partial charge in [-0.3, -0.25) is 4.79 Å². The summed E-state index contributed by atoms with van der Waals surface area (Å²) in [5.74, 6) is 0.745. The van der Waals surface area contributed by atoms with E-state index in [9.17, 15) is 4.79 Å². The van der Waals surface area contributed by atoms with Crippen LogP contribution >= 0.6 is 0 Å². The Hall–Kier alpha value is -2.23. The first-order chi connectivity index (χ1) is 12.0. The predicted octanol–water partition coefficient (Wildman–Crippen LogP) is 4.91. The molecule has 1 aromatic carbocycles. The van der Waals surface area contributed by atoms with Crippen LogP contribution in [0.4, 0.5) is 0 Å². The molecular weight excluding hydrogens is 314 g/mol. The molecule has 0 spiro atoms. The molecule has 0 unspecified atom stereocenters. The smallest absolute Gasteiger partial charge is 0.244 e. The van der Waals surface area contributed by atoms with Crippen molar-refractivity contribution in [3.63, 3.8) is 0 Å². The second-order valence-electron chi connectivity index (χ2n) is 7.05. The Balaban J connectivity index is 1.91. The lowest BCUT2D eigenvalue weighted by molar-refractivity contribution is -0.117. The van der Waals surface area contributed by atoms with E-state index in [2.05, 4.69) is 11.4 Å². The van der Waals surface area contributed by atoms with Crippen molar-refractivity contribution in [2.75, 3.05) is 7.11 Å². The van der Waals surface area contributed by atoms with Gasteiger partial charge in [-0.15, -0.1) is 0 Å². The third-order valence-corrected chi connectivity index (χ3v) is 5.17. The number of amides is 1. The van der Waals surface area contributed by atoms with Crippen LogP contribution in [0.1, 0.15) is 55.7 Å². The van der Waals surface area contributed by atoms with Crippen LogP contribution in [0.15, 0.2) is 22.8 Å². The van der Waals surface area contributed by atoms with E-state index in [1.165, 1.54) is 19.3 Å². The molecule has 1 aromatic heterocycles. The maximum atomic E-state index is 12.4. The van der Waals surface area contributed by atoms with E-state index in [0.717, 1.165) is 51.8 Å². The maximum absolute atomic E-state index is 12.4. The van der Waals surface area contributed by atoms with Crippen molar-refractivity contribution in [1.29, 1.82) is 0 Å². The molecular formula is C21H27NO3. The van der Waals surface area contributed by atoms with Crippen molar-refractivity contribution < 1.29 is 13.9 Å². The highest BCUT2D eigenvalue weighted by Crippen LogP contribution is 2.37. The monoisotopic (exact) mass is 341 g/mol. The quantitative estimate of drug-likeness (QED) is 0.804. The number of nitrogens with one attached hydrogen (secondary N) is 1. The van der Waals surface area contributed by atoms with Crippen molar-refractivity contribution in [3.8, 4) is 5.75 Å². The lowest BCUT2D eigenvalue weighted by atomic mass is 9.95. The van der Waals surface area contributed by atoms with Gasteiger partial charge in [0.05, 0.1) is 13.4 Å². The highest BCUT2D eigenvalue weighted by atomic mass is 16.5. The molecule has 2 aromatic rings. The first kappa shape index (κ1) is 17.6. The van der Waals surface area contributed by atoms with Crippen LogP contribution in [0.5, 0.6) is 5.75 Å². The third kappa shape index (κ3) is 3.58. The molecule has 0 radical (unpaired) electrons. The Morgan fingerprint density at radius 2 is 2.00 bits per heavy atom. The lowest BCUT2D eigenvalue weighted by Crippen LogP contribution is -2.35. The average Bonchev–Trinajstić information content (AvgIpc) is 2.97. The van der Waals surface area contributed by atoms with E-state index in [-0.39, 0.29) is 5.91 Å². The minimum absolute atomic E-state index is 0.0203. The summed E-state index contributed by atoms with van der Waals surface area (Å²) in [6.45, 7) is 5.97. The molecule has 4 nitrogen and oxygen atoms in total. The van der Waals surface area contributed by atoms with Gasteiger partial charge in [0.2, 0.25) is 5.91 Å². The molecule has 0 atom stereocenters. The van der Waals surface area contributed by atoms with Crippen LogP contribution in [0, 0.1) is 13.8 Å². The fraction of sp³-hybridized carbons (Fsp3) is 0.476. The SMILES string of the molecule is COc1c(/C(C)=C/C(=O)NC2CCCCC2)cc2c(C)coc2c1C. The number of furan rings is 1. The van der Waals surface area contributed by atoms with Gasteiger partial charge in [-0.25, -0.2) is 0 Å². The molecule has 1 aliphatic rings. The van der Waals surface area contributed by atoms with E-state index in [0.29, 0.717) is 6.04 Å². The highest BCUT2D eigenvalue weighted by molar-refractivity contribution is 5.98. The highest BCUT2D eigenvalue weighted by Gasteiger charge is 2.18. The molecule has 4 heteroatoms. The van der Waals surface area contributed by atoms with Gasteiger partial charge in [-0.05, 0) is 50.8 Å². The lowest BCUT2D eigenvalue weighted by Gasteiger charge is -2.22. The number of aryl methyl sites for hydroxylation is 2. The fourth-order valence-electron chi connectivity index (χ4n) is 3.76. The first-order valence-corrected chi connectivity index (χ1v) is 9.05. The van der Waals surface area contributed by atoms with Gasteiger partial charge >= 0.3 is 0 Å². The summed E-state index contributed by atoms with van der Waals surface area (Å²) in [4.78, 5) is 12.4. The third-order valence-electron chi connectivity index (χ3n) is 5.17. The minimum Gasteiger partial charge on any atom is -0.496 e. The Kier molecular flexibility index (Phi) is 5.16. The van der Waals surface area contributed by atoms with Gasteiger partial charge in [-0.1, -0.05) is 19.3 Å². The van der Waals surface area contributed by atoms with Gasteiger partial charge < -0.3 is 14.5 Å². The molecule has 1 amide bonds. The number of ether oxygens (including phenoxy) is 1. The molecule has 1 aliphatic carbocycles. The Morgan fingerprint density at radius 1 is 1.28 bits per heavy atom. The Morgan fingerprint density at radius 3 is 2.68 bits per heavy atom. The van der Waals surface area contributed by atoms with Gasteiger partial charge in [0.15, 0.2) is 0 Å². The summed E-state index contributed by atoms with van der Waals surface area (Å²) in [6, 6.07) is 2.37. The standard InChI is InChI=1S/C21H27NO3/c1-13(10-19(23)22-16-8-6-5-7-9-16)17-11-18-14(2)12-25-21(18)15(3)20(17)24-4/h10-12,16H,5-9H2,1-4H3,(H,22,23)/b13-10+. The summed E-state index contributed by atoms with van der Waals surface area (Å²) >= 11 is 0. The summed E-state index contributed by atoms with van der Waals surface area (Å²) in [6.07, 6.45) is 9.31. The van der Waals surface area contributed by atoms with Crippen LogP contribution in [0.25, 0.3) is 16.5 Å². The van der Waals surface area contributed by atoms with Crippen molar-refractivity contribution in [3.05, 3.63) is 35.1 Å². The normalized spacial score (nSPS) is 16.2. The van der Waals surface area contributed by atoms with E-state index in [1.54, 1.807) is 19.4 Å². The van der Waals surface area contributed by atoms with E-state index < -0.39 is 0 Å². The van der Waals surface area contributed by atoms with E-state index in [1.807, 2.05) is 20.8 Å². The summed E-state index contributed by atoms with van der Waals surface area (Å²) in [5.41, 5.74) is 4.73. The second kappa shape index (κ2) is 7.34. The van der Waals surface area contributed by atoms with Gasteiger partial charge in [0, 0.05) is 28.6 Å². The molecule has 3 rings (SSSR count). The van der Waals surface area contributed by atoms with Crippen molar-refractivity contribution in [2.45, 2.75) is 58.9 Å². The Bertz CT molecular complexity index is 810. The fourth-order valence-corrected chi connectivity index (χ4v) is 3.76. The minimum atomic E-state index is -0.0203. The number of rotatable bonds is 4.